The Morgan fingerprint density at radius 3 is 2.85 bits per heavy atom. The van der Waals surface area contributed by atoms with Crippen LogP contribution in [-0.2, 0) is 12.6 Å². The van der Waals surface area contributed by atoms with E-state index >= 15 is 0 Å². The molecule has 13 heavy (non-hydrogen) atoms. The van der Waals surface area contributed by atoms with E-state index in [1.54, 1.807) is 7.05 Å². The number of hydrogen-bond acceptors (Lipinski definition) is 4. The van der Waals surface area contributed by atoms with Crippen molar-refractivity contribution < 1.29 is 4.92 Å². The lowest BCUT2D eigenvalue weighted by atomic mass is 10.2. The highest BCUT2D eigenvalue weighted by Gasteiger charge is 2.47. The number of nitro groups is 1. The van der Waals surface area contributed by atoms with Gasteiger partial charge in [0.2, 0.25) is 0 Å². The molecule has 2 rings (SSSR count). The van der Waals surface area contributed by atoms with Gasteiger partial charge in [0.05, 0.1) is 10.5 Å². The molecule has 0 saturated heterocycles. The SMILES string of the molecule is Cn1cc([N+](=O)[O-])c(C2(N)CC2)n1. The van der Waals surface area contributed by atoms with Crippen LogP contribution in [0.1, 0.15) is 18.5 Å². The molecule has 6 nitrogen and oxygen atoms in total. The molecule has 1 aromatic heterocycles. The van der Waals surface area contributed by atoms with Crippen LogP contribution in [0.3, 0.4) is 0 Å². The van der Waals surface area contributed by atoms with Gasteiger partial charge >= 0.3 is 5.69 Å². The minimum absolute atomic E-state index is 0.0301. The summed E-state index contributed by atoms with van der Waals surface area (Å²) < 4.78 is 1.43. The first kappa shape index (κ1) is 8.18. The lowest BCUT2D eigenvalue weighted by Crippen LogP contribution is -2.20. The number of nitrogens with zero attached hydrogens (tertiary/aromatic N) is 3. The molecule has 1 aliphatic rings. The molecular formula is C7H10N4O2. The van der Waals surface area contributed by atoms with Crippen LogP contribution in [0.2, 0.25) is 0 Å². The van der Waals surface area contributed by atoms with E-state index in [1.165, 1.54) is 10.9 Å². The second-order valence-electron chi connectivity index (χ2n) is 3.45. The summed E-state index contributed by atoms with van der Waals surface area (Å²) >= 11 is 0. The average molecular weight is 182 g/mol. The molecule has 0 aliphatic heterocycles. The Kier molecular flexibility index (Phi) is 1.44. The third-order valence-corrected chi connectivity index (χ3v) is 2.27. The second-order valence-corrected chi connectivity index (χ2v) is 3.45. The van der Waals surface area contributed by atoms with Crippen LogP contribution >= 0.6 is 0 Å². The number of aromatic nitrogens is 2. The van der Waals surface area contributed by atoms with Gasteiger partial charge in [-0.1, -0.05) is 0 Å². The van der Waals surface area contributed by atoms with Crippen LogP contribution < -0.4 is 5.73 Å². The first-order valence-electron chi connectivity index (χ1n) is 4.00. The predicted molar refractivity (Wildman–Crippen MR) is 45.0 cm³/mol. The van der Waals surface area contributed by atoms with Gasteiger partial charge in [-0.05, 0) is 12.8 Å². The maximum absolute atomic E-state index is 10.6. The van der Waals surface area contributed by atoms with E-state index in [9.17, 15) is 10.1 Å². The van der Waals surface area contributed by atoms with Gasteiger partial charge in [-0.15, -0.1) is 0 Å². The Bertz CT molecular complexity index is 367. The lowest BCUT2D eigenvalue weighted by molar-refractivity contribution is -0.385. The fourth-order valence-corrected chi connectivity index (χ4v) is 1.34. The van der Waals surface area contributed by atoms with Crippen LogP contribution in [0.5, 0.6) is 0 Å². The Hall–Kier alpha value is -1.43. The lowest BCUT2D eigenvalue weighted by Gasteiger charge is -2.01. The van der Waals surface area contributed by atoms with E-state index in [1.807, 2.05) is 0 Å². The molecule has 0 bridgehead atoms. The van der Waals surface area contributed by atoms with Crippen molar-refractivity contribution in [3.63, 3.8) is 0 Å². The normalized spacial score (nSPS) is 18.6. The standard InChI is InChI=1S/C7H10N4O2/c1-10-4-5(11(12)13)6(9-10)7(8)2-3-7/h4H,2-3,8H2,1H3. The van der Waals surface area contributed by atoms with E-state index in [4.69, 9.17) is 5.73 Å². The molecule has 1 fully saturated rings. The Morgan fingerprint density at radius 1 is 1.77 bits per heavy atom. The zero-order valence-corrected chi connectivity index (χ0v) is 7.23. The summed E-state index contributed by atoms with van der Waals surface area (Å²) in [4.78, 5) is 10.2. The van der Waals surface area contributed by atoms with E-state index in [0.717, 1.165) is 12.8 Å². The van der Waals surface area contributed by atoms with Gasteiger partial charge in [-0.25, -0.2) is 0 Å². The van der Waals surface area contributed by atoms with Crippen molar-refractivity contribution >= 4 is 5.69 Å². The summed E-state index contributed by atoms with van der Waals surface area (Å²) in [6.45, 7) is 0. The molecule has 6 heteroatoms. The zero-order chi connectivity index (χ0) is 9.64. The third kappa shape index (κ3) is 1.19. The van der Waals surface area contributed by atoms with Crippen molar-refractivity contribution in [2.75, 3.05) is 0 Å². The molecule has 1 heterocycles. The first-order chi connectivity index (χ1) is 6.03. The molecule has 1 aromatic rings. The minimum atomic E-state index is -0.538. The van der Waals surface area contributed by atoms with Gasteiger partial charge in [-0.3, -0.25) is 14.8 Å². The van der Waals surface area contributed by atoms with E-state index < -0.39 is 10.5 Å². The molecule has 70 valence electrons. The summed E-state index contributed by atoms with van der Waals surface area (Å²) in [6.07, 6.45) is 2.96. The summed E-state index contributed by atoms with van der Waals surface area (Å²) in [6, 6.07) is 0. The van der Waals surface area contributed by atoms with Crippen molar-refractivity contribution in [2.45, 2.75) is 18.4 Å². The Labute approximate surface area is 74.5 Å². The molecule has 0 spiro atoms. The van der Waals surface area contributed by atoms with E-state index in [0.29, 0.717) is 5.69 Å². The van der Waals surface area contributed by atoms with Crippen molar-refractivity contribution in [1.82, 2.24) is 9.78 Å². The van der Waals surface area contributed by atoms with E-state index in [-0.39, 0.29) is 5.69 Å². The maximum Gasteiger partial charge on any atom is 0.312 e. The molecule has 0 atom stereocenters. The molecule has 1 aliphatic carbocycles. The molecule has 0 aromatic carbocycles. The van der Waals surface area contributed by atoms with Gasteiger partial charge in [0.25, 0.3) is 0 Å². The monoisotopic (exact) mass is 182 g/mol. The van der Waals surface area contributed by atoms with Crippen LogP contribution in [0, 0.1) is 10.1 Å². The van der Waals surface area contributed by atoms with Crippen LogP contribution in [0.25, 0.3) is 0 Å². The summed E-state index contributed by atoms with van der Waals surface area (Å²) in [7, 11) is 1.66. The second kappa shape index (κ2) is 2.29. The van der Waals surface area contributed by atoms with Crippen molar-refractivity contribution in [3.8, 4) is 0 Å². The van der Waals surface area contributed by atoms with Crippen molar-refractivity contribution in [1.29, 1.82) is 0 Å². The summed E-state index contributed by atoms with van der Waals surface area (Å²) in [5, 5.41) is 14.6. The minimum Gasteiger partial charge on any atom is -0.320 e. The molecular weight excluding hydrogens is 172 g/mol. The number of rotatable bonds is 2. The highest BCUT2D eigenvalue weighted by atomic mass is 16.6. The molecule has 0 unspecified atom stereocenters. The largest absolute Gasteiger partial charge is 0.320 e. The highest BCUT2D eigenvalue weighted by molar-refractivity contribution is 5.40. The van der Waals surface area contributed by atoms with Gasteiger partial charge in [0.15, 0.2) is 5.69 Å². The number of hydrogen-bond donors (Lipinski definition) is 1. The number of nitrogens with two attached hydrogens (primary N) is 1. The fourth-order valence-electron chi connectivity index (χ4n) is 1.34. The maximum atomic E-state index is 10.6. The smallest absolute Gasteiger partial charge is 0.312 e. The molecule has 2 N–H and O–H groups in total. The third-order valence-electron chi connectivity index (χ3n) is 2.27. The quantitative estimate of drug-likeness (QED) is 0.525. The molecule has 0 amide bonds. The fraction of sp³-hybridized carbons (Fsp3) is 0.571. The van der Waals surface area contributed by atoms with Crippen LogP contribution in [-0.4, -0.2) is 14.7 Å². The van der Waals surface area contributed by atoms with Crippen molar-refractivity contribution in [2.24, 2.45) is 12.8 Å². The van der Waals surface area contributed by atoms with Gasteiger partial charge in [-0.2, -0.15) is 5.10 Å². The first-order valence-corrected chi connectivity index (χ1v) is 4.00. The van der Waals surface area contributed by atoms with Crippen LogP contribution in [0.15, 0.2) is 6.20 Å². The average Bonchev–Trinajstić information content (AvgIpc) is 2.62. The van der Waals surface area contributed by atoms with Crippen LogP contribution in [0.4, 0.5) is 5.69 Å². The summed E-state index contributed by atoms with van der Waals surface area (Å²) in [5.41, 5.74) is 5.75. The predicted octanol–water partition coefficient (Wildman–Crippen LogP) is 0.276. The zero-order valence-electron chi connectivity index (χ0n) is 7.23. The number of aryl methyl sites for hydroxylation is 1. The topological polar surface area (TPSA) is 87.0 Å². The van der Waals surface area contributed by atoms with Gasteiger partial charge in [0.1, 0.15) is 6.20 Å². The van der Waals surface area contributed by atoms with E-state index in [2.05, 4.69) is 5.10 Å². The van der Waals surface area contributed by atoms with Crippen molar-refractivity contribution in [3.05, 3.63) is 22.0 Å². The van der Waals surface area contributed by atoms with Gasteiger partial charge < -0.3 is 5.73 Å². The molecule has 1 saturated carbocycles. The molecule has 0 radical (unpaired) electrons. The Balaban J connectivity index is 2.49. The highest BCUT2D eigenvalue weighted by Crippen LogP contribution is 2.45. The van der Waals surface area contributed by atoms with Gasteiger partial charge in [0, 0.05) is 7.05 Å². The Morgan fingerprint density at radius 2 is 2.38 bits per heavy atom. The summed E-state index contributed by atoms with van der Waals surface area (Å²) in [5.74, 6) is 0.